The first-order chi connectivity index (χ1) is 44.3. The summed E-state index contributed by atoms with van der Waals surface area (Å²) in [7, 11) is -9.91. The molecule has 19 heteroatoms. The Hall–Kier alpha value is -1.94. The number of rotatable bonds is 71. The fourth-order valence-electron chi connectivity index (χ4n) is 11.0. The van der Waals surface area contributed by atoms with Gasteiger partial charge in [-0.3, -0.25) is 37.3 Å². The van der Waals surface area contributed by atoms with E-state index in [1.807, 2.05) is 0 Å². The number of carbonyl (C=O) groups is 4. The third kappa shape index (κ3) is 64.1. The van der Waals surface area contributed by atoms with Crippen molar-refractivity contribution in [2.24, 2.45) is 17.8 Å². The minimum Gasteiger partial charge on any atom is -0.462 e. The summed E-state index contributed by atoms with van der Waals surface area (Å²) >= 11 is 0. The van der Waals surface area contributed by atoms with Gasteiger partial charge in [0.25, 0.3) is 0 Å². The van der Waals surface area contributed by atoms with Gasteiger partial charge in [-0.1, -0.05) is 318 Å². The predicted molar refractivity (Wildman–Crippen MR) is 372 cm³/mol. The lowest BCUT2D eigenvalue weighted by Gasteiger charge is -2.21. The maximum Gasteiger partial charge on any atom is 0.472 e. The molecule has 7 atom stereocenters. The van der Waals surface area contributed by atoms with Crippen molar-refractivity contribution in [2.45, 2.75) is 388 Å². The molecule has 0 aliphatic rings. The average Bonchev–Trinajstić information content (AvgIpc) is 1.44. The van der Waals surface area contributed by atoms with Gasteiger partial charge in [0.1, 0.15) is 19.3 Å². The number of unbranched alkanes of at least 4 members (excludes halogenated alkanes) is 37. The normalized spacial score (nSPS) is 14.7. The quantitative estimate of drug-likeness (QED) is 0.0222. The predicted octanol–water partition coefficient (Wildman–Crippen LogP) is 21.0. The van der Waals surface area contributed by atoms with E-state index in [1.165, 1.54) is 180 Å². The summed E-state index contributed by atoms with van der Waals surface area (Å²) in [5.74, 6) is 0.183. The lowest BCUT2D eigenvalue weighted by atomic mass is 9.99. The van der Waals surface area contributed by atoms with Crippen LogP contribution >= 0.6 is 15.6 Å². The van der Waals surface area contributed by atoms with Gasteiger partial charge in [0.15, 0.2) is 12.2 Å². The Balaban J connectivity index is 5.28. The van der Waals surface area contributed by atoms with Crippen LogP contribution in [0.3, 0.4) is 0 Å². The number of phosphoric acid groups is 2. The Morgan fingerprint density at radius 2 is 0.554 bits per heavy atom. The molecule has 0 aromatic carbocycles. The number of aliphatic hydroxyl groups excluding tert-OH is 1. The lowest BCUT2D eigenvalue weighted by Crippen LogP contribution is -2.30. The van der Waals surface area contributed by atoms with Crippen LogP contribution in [0.4, 0.5) is 0 Å². The first-order valence-electron chi connectivity index (χ1n) is 37.9. The lowest BCUT2D eigenvalue weighted by molar-refractivity contribution is -0.161. The molecular formula is C73H142O17P2. The van der Waals surface area contributed by atoms with Gasteiger partial charge in [-0.05, 0) is 43.4 Å². The molecule has 0 aliphatic carbocycles. The molecule has 0 radical (unpaired) electrons. The van der Waals surface area contributed by atoms with Crippen LogP contribution in [-0.4, -0.2) is 96.7 Å². The van der Waals surface area contributed by atoms with Gasteiger partial charge < -0.3 is 33.8 Å². The second-order valence-electron chi connectivity index (χ2n) is 27.3. The highest BCUT2D eigenvalue weighted by atomic mass is 31.2. The summed E-state index contributed by atoms with van der Waals surface area (Å²) in [4.78, 5) is 72.7. The molecule has 0 saturated carbocycles. The first-order valence-corrected chi connectivity index (χ1v) is 40.9. The summed E-state index contributed by atoms with van der Waals surface area (Å²) in [6, 6.07) is 0. The summed E-state index contributed by atoms with van der Waals surface area (Å²) in [5.41, 5.74) is 0. The molecule has 546 valence electrons. The SMILES string of the molecule is CCCCCCCCCCCCCCCCCC(=O)O[C@H](COC(=O)CCCCCCCCCCCCC(C)C)COP(=O)(O)OC[C@@H](O)COP(=O)(O)OC[C@@H](COC(=O)CCCCCCCCCCC(C)CC)OC(=O)CCCCCCCCCCC(C)CC. The third-order valence-electron chi connectivity index (χ3n) is 17.6. The van der Waals surface area contributed by atoms with Crippen molar-refractivity contribution in [2.75, 3.05) is 39.6 Å². The van der Waals surface area contributed by atoms with E-state index >= 15 is 0 Å². The van der Waals surface area contributed by atoms with Crippen LogP contribution in [0.2, 0.25) is 0 Å². The van der Waals surface area contributed by atoms with Crippen molar-refractivity contribution in [3.8, 4) is 0 Å². The number of phosphoric ester groups is 2. The zero-order chi connectivity index (χ0) is 68.0. The molecule has 0 saturated heterocycles. The Labute approximate surface area is 562 Å². The number of ether oxygens (including phenoxy) is 4. The molecule has 0 aromatic heterocycles. The van der Waals surface area contributed by atoms with Crippen LogP contribution in [-0.2, 0) is 65.4 Å². The number of hydrogen-bond donors (Lipinski definition) is 3. The Kier molecular flexibility index (Phi) is 62.4. The minimum absolute atomic E-state index is 0.104. The van der Waals surface area contributed by atoms with Crippen LogP contribution in [0.1, 0.15) is 370 Å². The van der Waals surface area contributed by atoms with E-state index in [2.05, 4.69) is 48.5 Å². The highest BCUT2D eigenvalue weighted by Gasteiger charge is 2.30. The molecular weight excluding hydrogens is 1210 g/mol. The number of carbonyl (C=O) groups excluding carboxylic acids is 4. The van der Waals surface area contributed by atoms with Gasteiger partial charge in [-0.15, -0.1) is 0 Å². The van der Waals surface area contributed by atoms with Gasteiger partial charge >= 0.3 is 39.5 Å². The smallest absolute Gasteiger partial charge is 0.462 e. The van der Waals surface area contributed by atoms with Crippen molar-refractivity contribution >= 4 is 39.5 Å². The van der Waals surface area contributed by atoms with E-state index in [0.29, 0.717) is 25.7 Å². The topological polar surface area (TPSA) is 237 Å². The summed E-state index contributed by atoms with van der Waals surface area (Å²) in [6.45, 7) is 11.9. The first kappa shape index (κ1) is 90.1. The molecule has 4 unspecified atom stereocenters. The molecule has 0 aliphatic heterocycles. The van der Waals surface area contributed by atoms with Crippen LogP contribution in [0, 0.1) is 17.8 Å². The van der Waals surface area contributed by atoms with Gasteiger partial charge in [0.05, 0.1) is 26.4 Å². The van der Waals surface area contributed by atoms with Crippen LogP contribution in [0.5, 0.6) is 0 Å². The Bertz CT molecular complexity index is 1810. The molecule has 0 heterocycles. The van der Waals surface area contributed by atoms with E-state index in [4.69, 9.17) is 37.0 Å². The van der Waals surface area contributed by atoms with Crippen molar-refractivity contribution in [3.63, 3.8) is 0 Å². The van der Waals surface area contributed by atoms with E-state index in [1.54, 1.807) is 0 Å². The van der Waals surface area contributed by atoms with Gasteiger partial charge in [0.2, 0.25) is 0 Å². The highest BCUT2D eigenvalue weighted by molar-refractivity contribution is 7.47. The highest BCUT2D eigenvalue weighted by Crippen LogP contribution is 2.45. The number of hydrogen-bond acceptors (Lipinski definition) is 15. The average molecular weight is 1350 g/mol. The molecule has 17 nitrogen and oxygen atoms in total. The molecule has 0 fully saturated rings. The molecule has 0 aromatic rings. The number of esters is 4. The van der Waals surface area contributed by atoms with Crippen LogP contribution in [0.15, 0.2) is 0 Å². The zero-order valence-electron chi connectivity index (χ0n) is 60.0. The van der Waals surface area contributed by atoms with Crippen molar-refractivity contribution in [3.05, 3.63) is 0 Å². The van der Waals surface area contributed by atoms with Gasteiger partial charge in [-0.25, -0.2) is 9.13 Å². The van der Waals surface area contributed by atoms with E-state index < -0.39 is 97.5 Å². The molecule has 0 amide bonds. The maximum atomic E-state index is 13.1. The molecule has 3 N–H and O–H groups in total. The van der Waals surface area contributed by atoms with Crippen LogP contribution < -0.4 is 0 Å². The van der Waals surface area contributed by atoms with E-state index in [0.717, 1.165) is 108 Å². The number of aliphatic hydroxyl groups is 1. The van der Waals surface area contributed by atoms with Crippen molar-refractivity contribution in [1.82, 2.24) is 0 Å². The summed E-state index contributed by atoms with van der Waals surface area (Å²) in [6.07, 6.45) is 48.4. The largest absolute Gasteiger partial charge is 0.472 e. The maximum absolute atomic E-state index is 13.1. The summed E-state index contributed by atoms with van der Waals surface area (Å²) in [5, 5.41) is 10.6. The van der Waals surface area contributed by atoms with Gasteiger partial charge in [-0.2, -0.15) is 0 Å². The second-order valence-corrected chi connectivity index (χ2v) is 30.2. The summed E-state index contributed by atoms with van der Waals surface area (Å²) < 4.78 is 68.4. The standard InChI is InChI=1S/C73H142O17P2/c1-8-11-12-13-14-15-16-17-18-19-20-25-35-42-49-56-72(77)89-68(60-83-70(75)54-47-40-33-24-22-21-23-30-37-44-51-64(4)5)62-87-91(79,80)85-58-67(74)59-86-92(81,82)88-63-69(90-73(78)57-50-43-36-29-27-32-39-46-53-66(7)10-3)61-84-71(76)55-48-41-34-28-26-31-38-45-52-65(6)9-2/h64-69,74H,8-63H2,1-7H3,(H,79,80)(H,81,82)/t65?,66?,67-,68-,69-/m1/s1. The monoisotopic (exact) mass is 1350 g/mol. The fourth-order valence-corrected chi connectivity index (χ4v) is 12.6. The third-order valence-corrected chi connectivity index (χ3v) is 19.5. The Morgan fingerprint density at radius 1 is 0.315 bits per heavy atom. The van der Waals surface area contributed by atoms with Crippen molar-refractivity contribution in [1.29, 1.82) is 0 Å². The molecule has 0 rings (SSSR count). The van der Waals surface area contributed by atoms with Crippen molar-refractivity contribution < 1.29 is 80.2 Å². The fraction of sp³-hybridized carbons (Fsp3) is 0.945. The Morgan fingerprint density at radius 3 is 0.826 bits per heavy atom. The molecule has 0 spiro atoms. The van der Waals surface area contributed by atoms with E-state index in [9.17, 15) is 43.2 Å². The molecule has 0 bridgehead atoms. The van der Waals surface area contributed by atoms with E-state index in [-0.39, 0.29) is 25.7 Å². The minimum atomic E-state index is -4.95. The van der Waals surface area contributed by atoms with Crippen LogP contribution in [0.25, 0.3) is 0 Å². The zero-order valence-corrected chi connectivity index (χ0v) is 61.8. The second kappa shape index (κ2) is 63.8. The van der Waals surface area contributed by atoms with Gasteiger partial charge in [0, 0.05) is 25.7 Å². The molecule has 92 heavy (non-hydrogen) atoms.